The summed E-state index contributed by atoms with van der Waals surface area (Å²) in [4.78, 5) is 2.40. The van der Waals surface area contributed by atoms with E-state index in [9.17, 15) is 9.50 Å². The minimum atomic E-state index is -0.203. The summed E-state index contributed by atoms with van der Waals surface area (Å²) in [6, 6.07) is 6.89. The summed E-state index contributed by atoms with van der Waals surface area (Å²) < 4.78 is 12.9. The minimum Gasteiger partial charge on any atom is -0.396 e. The molecule has 0 spiro atoms. The summed E-state index contributed by atoms with van der Waals surface area (Å²) in [5.74, 6) is -0.0239. The molecule has 1 aliphatic heterocycles. The van der Waals surface area contributed by atoms with Gasteiger partial charge in [0.15, 0.2) is 0 Å². The summed E-state index contributed by atoms with van der Waals surface area (Å²) in [7, 11) is 0. The second-order valence-corrected chi connectivity index (χ2v) is 4.90. The van der Waals surface area contributed by atoms with Crippen LogP contribution in [0.1, 0.15) is 31.4 Å². The lowest BCUT2D eigenvalue weighted by Gasteiger charge is -2.32. The Labute approximate surface area is 102 Å². The van der Waals surface area contributed by atoms with Crippen LogP contribution in [0, 0.1) is 11.7 Å². The number of nitrogens with zero attached hydrogens (tertiary/aromatic N) is 1. The van der Waals surface area contributed by atoms with Crippen LogP contribution in [-0.2, 0) is 0 Å². The highest BCUT2D eigenvalue weighted by molar-refractivity contribution is 5.21. The standard InChI is InChI=1S/C14H20FNO/c1-11(10-17)14(16-8-2-3-9-16)12-4-6-13(15)7-5-12/h4-7,11,14,17H,2-3,8-10H2,1H3. The highest BCUT2D eigenvalue weighted by Crippen LogP contribution is 2.31. The molecule has 0 saturated carbocycles. The number of hydrogen-bond donors (Lipinski definition) is 1. The summed E-state index contributed by atoms with van der Waals surface area (Å²) in [5, 5.41) is 9.38. The molecule has 1 aromatic carbocycles. The van der Waals surface area contributed by atoms with Crippen molar-refractivity contribution in [2.45, 2.75) is 25.8 Å². The highest BCUT2D eigenvalue weighted by atomic mass is 19.1. The summed E-state index contributed by atoms with van der Waals surface area (Å²) in [5.41, 5.74) is 1.11. The zero-order chi connectivity index (χ0) is 12.3. The van der Waals surface area contributed by atoms with Gasteiger partial charge in [0, 0.05) is 12.6 Å². The Kier molecular flexibility index (Phi) is 4.13. The molecule has 2 nitrogen and oxygen atoms in total. The van der Waals surface area contributed by atoms with Crippen molar-refractivity contribution in [1.82, 2.24) is 4.90 Å². The fourth-order valence-electron chi connectivity index (χ4n) is 2.68. The first-order valence-corrected chi connectivity index (χ1v) is 6.32. The molecular weight excluding hydrogens is 217 g/mol. The zero-order valence-corrected chi connectivity index (χ0v) is 10.3. The molecule has 1 fully saturated rings. The first-order valence-electron chi connectivity index (χ1n) is 6.32. The predicted molar refractivity (Wildman–Crippen MR) is 66.2 cm³/mol. The maximum Gasteiger partial charge on any atom is 0.123 e. The molecule has 17 heavy (non-hydrogen) atoms. The number of aliphatic hydroxyl groups excluding tert-OH is 1. The molecule has 0 amide bonds. The molecule has 2 atom stereocenters. The van der Waals surface area contributed by atoms with Gasteiger partial charge >= 0.3 is 0 Å². The monoisotopic (exact) mass is 237 g/mol. The molecule has 1 aliphatic rings. The third kappa shape index (κ3) is 2.85. The maximum absolute atomic E-state index is 12.9. The van der Waals surface area contributed by atoms with E-state index in [1.165, 1.54) is 25.0 Å². The smallest absolute Gasteiger partial charge is 0.123 e. The van der Waals surface area contributed by atoms with Gasteiger partial charge in [0.2, 0.25) is 0 Å². The molecule has 1 aromatic rings. The number of halogens is 1. The van der Waals surface area contributed by atoms with E-state index in [0.29, 0.717) is 0 Å². The molecule has 1 heterocycles. The lowest BCUT2D eigenvalue weighted by atomic mass is 9.94. The van der Waals surface area contributed by atoms with Gasteiger partial charge in [-0.1, -0.05) is 19.1 Å². The van der Waals surface area contributed by atoms with Crippen LogP contribution in [0.5, 0.6) is 0 Å². The van der Waals surface area contributed by atoms with Crippen LogP contribution in [0.3, 0.4) is 0 Å². The molecule has 1 N–H and O–H groups in total. The molecule has 0 aromatic heterocycles. The van der Waals surface area contributed by atoms with Crippen molar-refractivity contribution in [2.24, 2.45) is 5.92 Å². The van der Waals surface area contributed by atoms with E-state index in [2.05, 4.69) is 4.90 Å². The Morgan fingerprint density at radius 2 is 1.82 bits per heavy atom. The SMILES string of the molecule is CC(CO)C(c1ccc(F)cc1)N1CCCC1. The normalized spacial score (nSPS) is 20.4. The quantitative estimate of drug-likeness (QED) is 0.870. The topological polar surface area (TPSA) is 23.5 Å². The van der Waals surface area contributed by atoms with Crippen LogP contribution in [0.2, 0.25) is 0 Å². The first kappa shape index (κ1) is 12.5. The second-order valence-electron chi connectivity index (χ2n) is 4.90. The van der Waals surface area contributed by atoms with E-state index >= 15 is 0 Å². The van der Waals surface area contributed by atoms with Gasteiger partial charge < -0.3 is 5.11 Å². The van der Waals surface area contributed by atoms with Gasteiger partial charge in [0.25, 0.3) is 0 Å². The fraction of sp³-hybridized carbons (Fsp3) is 0.571. The van der Waals surface area contributed by atoms with Crippen molar-refractivity contribution < 1.29 is 9.50 Å². The van der Waals surface area contributed by atoms with Crippen molar-refractivity contribution in [1.29, 1.82) is 0 Å². The van der Waals surface area contributed by atoms with E-state index in [1.54, 1.807) is 0 Å². The first-order chi connectivity index (χ1) is 8.22. The van der Waals surface area contributed by atoms with Crippen LogP contribution in [0.15, 0.2) is 24.3 Å². The van der Waals surface area contributed by atoms with Gasteiger partial charge in [0.05, 0.1) is 0 Å². The van der Waals surface area contributed by atoms with Crippen LogP contribution in [-0.4, -0.2) is 29.7 Å². The molecule has 2 rings (SSSR count). The Morgan fingerprint density at radius 1 is 1.24 bits per heavy atom. The number of aliphatic hydroxyl groups is 1. The van der Waals surface area contributed by atoms with Crippen LogP contribution < -0.4 is 0 Å². The molecule has 2 unspecified atom stereocenters. The lowest BCUT2D eigenvalue weighted by Crippen LogP contribution is -2.31. The Morgan fingerprint density at radius 3 is 2.35 bits per heavy atom. The van der Waals surface area contributed by atoms with E-state index in [0.717, 1.165) is 18.7 Å². The summed E-state index contributed by atoms with van der Waals surface area (Å²) in [6.07, 6.45) is 2.44. The Balaban J connectivity index is 2.22. The van der Waals surface area contributed by atoms with Gasteiger partial charge in [0.1, 0.15) is 5.82 Å². The van der Waals surface area contributed by atoms with Crippen LogP contribution in [0.25, 0.3) is 0 Å². The van der Waals surface area contributed by atoms with Crippen molar-refractivity contribution in [2.75, 3.05) is 19.7 Å². The molecule has 0 bridgehead atoms. The van der Waals surface area contributed by atoms with E-state index in [4.69, 9.17) is 0 Å². The number of rotatable bonds is 4. The van der Waals surface area contributed by atoms with Gasteiger partial charge in [-0.2, -0.15) is 0 Å². The largest absolute Gasteiger partial charge is 0.396 e. The average molecular weight is 237 g/mol. The van der Waals surface area contributed by atoms with Gasteiger partial charge in [-0.05, 0) is 49.5 Å². The molecule has 0 radical (unpaired) electrons. The molecule has 0 aliphatic carbocycles. The summed E-state index contributed by atoms with van der Waals surface area (Å²) >= 11 is 0. The van der Waals surface area contributed by atoms with Crippen LogP contribution in [0.4, 0.5) is 4.39 Å². The van der Waals surface area contributed by atoms with Crippen molar-refractivity contribution in [3.05, 3.63) is 35.6 Å². The van der Waals surface area contributed by atoms with Gasteiger partial charge in [-0.25, -0.2) is 4.39 Å². The minimum absolute atomic E-state index is 0.165. The molecule has 3 heteroatoms. The Bertz CT molecular complexity index is 346. The van der Waals surface area contributed by atoms with Gasteiger partial charge in [-0.15, -0.1) is 0 Å². The number of hydrogen-bond acceptors (Lipinski definition) is 2. The number of benzene rings is 1. The maximum atomic E-state index is 12.9. The average Bonchev–Trinajstić information content (AvgIpc) is 2.85. The van der Waals surface area contributed by atoms with E-state index < -0.39 is 0 Å². The van der Waals surface area contributed by atoms with E-state index in [1.807, 2.05) is 19.1 Å². The van der Waals surface area contributed by atoms with E-state index in [-0.39, 0.29) is 24.4 Å². The van der Waals surface area contributed by atoms with Crippen LogP contribution >= 0.6 is 0 Å². The second kappa shape index (κ2) is 5.61. The lowest BCUT2D eigenvalue weighted by molar-refractivity contribution is 0.126. The zero-order valence-electron chi connectivity index (χ0n) is 10.3. The molecule has 94 valence electrons. The third-order valence-corrected chi connectivity index (χ3v) is 3.57. The van der Waals surface area contributed by atoms with Crippen molar-refractivity contribution in [3.8, 4) is 0 Å². The van der Waals surface area contributed by atoms with Gasteiger partial charge in [-0.3, -0.25) is 4.90 Å². The number of likely N-dealkylation sites (tertiary alicyclic amines) is 1. The predicted octanol–water partition coefficient (Wildman–Crippen LogP) is 2.59. The summed E-state index contributed by atoms with van der Waals surface area (Å²) in [6.45, 7) is 4.36. The van der Waals surface area contributed by atoms with Crippen molar-refractivity contribution in [3.63, 3.8) is 0 Å². The Hall–Kier alpha value is -0.930. The fourth-order valence-corrected chi connectivity index (χ4v) is 2.68. The third-order valence-electron chi connectivity index (χ3n) is 3.57. The molecular formula is C14H20FNO. The highest BCUT2D eigenvalue weighted by Gasteiger charge is 2.27. The molecule has 1 saturated heterocycles. The van der Waals surface area contributed by atoms with Crippen molar-refractivity contribution >= 4 is 0 Å².